The lowest BCUT2D eigenvalue weighted by molar-refractivity contribution is -0.120. The van der Waals surface area contributed by atoms with Crippen LogP contribution < -0.4 is 10.6 Å². The highest BCUT2D eigenvalue weighted by Crippen LogP contribution is 2.27. The molecule has 4 heteroatoms. The number of hydrogen-bond acceptors (Lipinski definition) is 3. The van der Waals surface area contributed by atoms with Crippen molar-refractivity contribution < 1.29 is 4.79 Å². The summed E-state index contributed by atoms with van der Waals surface area (Å²) in [6.45, 7) is 3.26. The number of rotatable bonds is 6. The van der Waals surface area contributed by atoms with Crippen LogP contribution in [-0.4, -0.2) is 19.0 Å². The van der Waals surface area contributed by atoms with E-state index in [1.165, 1.54) is 12.8 Å². The molecule has 1 saturated carbocycles. The van der Waals surface area contributed by atoms with Crippen LogP contribution in [0.15, 0.2) is 24.3 Å². The zero-order valence-electron chi connectivity index (χ0n) is 11.1. The van der Waals surface area contributed by atoms with Gasteiger partial charge in [0.05, 0.1) is 24.2 Å². The maximum absolute atomic E-state index is 11.7. The highest BCUT2D eigenvalue weighted by Gasteiger charge is 2.20. The van der Waals surface area contributed by atoms with Gasteiger partial charge in [-0.25, -0.2) is 0 Å². The second kappa shape index (κ2) is 6.35. The molecular weight excluding hydrogens is 238 g/mol. The first kappa shape index (κ1) is 13.6. The van der Waals surface area contributed by atoms with Crippen molar-refractivity contribution in [3.63, 3.8) is 0 Å². The van der Waals surface area contributed by atoms with Crippen LogP contribution in [0.5, 0.6) is 0 Å². The lowest BCUT2D eigenvalue weighted by Crippen LogP contribution is -2.36. The van der Waals surface area contributed by atoms with Gasteiger partial charge in [0, 0.05) is 0 Å². The highest BCUT2D eigenvalue weighted by atomic mass is 16.1. The number of amides is 1. The monoisotopic (exact) mass is 257 g/mol. The van der Waals surface area contributed by atoms with Crippen LogP contribution in [0, 0.1) is 17.2 Å². The summed E-state index contributed by atoms with van der Waals surface area (Å²) in [6.07, 6.45) is 2.58. The van der Waals surface area contributed by atoms with Crippen LogP contribution in [0.25, 0.3) is 0 Å². The van der Waals surface area contributed by atoms with Crippen LogP contribution >= 0.6 is 0 Å². The van der Waals surface area contributed by atoms with Gasteiger partial charge in [-0.3, -0.25) is 4.79 Å². The van der Waals surface area contributed by atoms with Gasteiger partial charge >= 0.3 is 0 Å². The van der Waals surface area contributed by atoms with Crippen molar-refractivity contribution >= 4 is 5.91 Å². The van der Waals surface area contributed by atoms with E-state index in [1.807, 2.05) is 19.1 Å². The van der Waals surface area contributed by atoms with Crippen molar-refractivity contribution in [2.45, 2.75) is 25.8 Å². The number of nitrogens with one attached hydrogen (secondary N) is 2. The topological polar surface area (TPSA) is 64.9 Å². The van der Waals surface area contributed by atoms with E-state index in [4.69, 9.17) is 5.26 Å². The first-order chi connectivity index (χ1) is 9.19. The van der Waals surface area contributed by atoms with Crippen LogP contribution in [0.3, 0.4) is 0 Å². The first-order valence-electron chi connectivity index (χ1n) is 6.69. The number of benzene rings is 1. The normalized spacial score (nSPS) is 15.6. The van der Waals surface area contributed by atoms with E-state index in [0.717, 1.165) is 18.0 Å². The molecule has 1 fully saturated rings. The van der Waals surface area contributed by atoms with Gasteiger partial charge in [-0.1, -0.05) is 12.1 Å². The standard InChI is InChI=1S/C15H19N3O/c1-11(14-6-4-12(8-16)5-7-14)18-15(19)10-17-9-13-2-3-13/h4-7,11,13,17H,2-3,9-10H2,1H3,(H,18,19). The third-order valence-corrected chi connectivity index (χ3v) is 3.33. The van der Waals surface area contributed by atoms with Crippen molar-refractivity contribution in [1.29, 1.82) is 5.26 Å². The van der Waals surface area contributed by atoms with Crippen molar-refractivity contribution in [2.75, 3.05) is 13.1 Å². The molecule has 100 valence electrons. The van der Waals surface area contributed by atoms with Gasteiger partial charge in [-0.05, 0) is 49.9 Å². The molecule has 1 unspecified atom stereocenters. The van der Waals surface area contributed by atoms with Crippen LogP contribution in [0.4, 0.5) is 0 Å². The fraction of sp³-hybridized carbons (Fsp3) is 0.467. The fourth-order valence-corrected chi connectivity index (χ4v) is 1.93. The third kappa shape index (κ3) is 4.38. The van der Waals surface area contributed by atoms with Crippen molar-refractivity contribution in [3.8, 4) is 6.07 Å². The van der Waals surface area contributed by atoms with Crippen molar-refractivity contribution in [3.05, 3.63) is 35.4 Å². The van der Waals surface area contributed by atoms with Crippen molar-refractivity contribution in [2.24, 2.45) is 5.92 Å². The highest BCUT2D eigenvalue weighted by molar-refractivity contribution is 5.78. The average Bonchev–Trinajstić information content (AvgIpc) is 3.23. The maximum Gasteiger partial charge on any atom is 0.234 e. The van der Waals surface area contributed by atoms with Gasteiger partial charge in [-0.15, -0.1) is 0 Å². The summed E-state index contributed by atoms with van der Waals surface area (Å²) in [5.41, 5.74) is 1.64. The van der Waals surface area contributed by atoms with E-state index < -0.39 is 0 Å². The molecule has 1 aliphatic carbocycles. The largest absolute Gasteiger partial charge is 0.348 e. The number of nitrogens with zero attached hydrogens (tertiary/aromatic N) is 1. The minimum absolute atomic E-state index is 0.0116. The quantitative estimate of drug-likeness (QED) is 0.815. The number of nitriles is 1. The lowest BCUT2D eigenvalue weighted by Gasteiger charge is -2.14. The van der Waals surface area contributed by atoms with E-state index in [2.05, 4.69) is 16.7 Å². The molecule has 1 aromatic carbocycles. The molecule has 1 atom stereocenters. The molecule has 1 aliphatic rings. The molecule has 1 aromatic rings. The van der Waals surface area contributed by atoms with Crippen LogP contribution in [-0.2, 0) is 4.79 Å². The Bertz CT molecular complexity index is 471. The number of carbonyl (C=O) groups is 1. The molecular formula is C15H19N3O. The Balaban J connectivity index is 1.76. The number of carbonyl (C=O) groups excluding carboxylic acids is 1. The Labute approximate surface area is 113 Å². The molecule has 2 rings (SSSR count). The summed E-state index contributed by atoms with van der Waals surface area (Å²) >= 11 is 0. The van der Waals surface area contributed by atoms with E-state index >= 15 is 0 Å². The summed E-state index contributed by atoms with van der Waals surface area (Å²) in [5, 5.41) is 14.8. The molecule has 0 aromatic heterocycles. The Morgan fingerprint density at radius 3 is 2.68 bits per heavy atom. The molecule has 1 amide bonds. The smallest absolute Gasteiger partial charge is 0.234 e. The van der Waals surface area contributed by atoms with Gasteiger partial charge < -0.3 is 10.6 Å². The van der Waals surface area contributed by atoms with Gasteiger partial charge in [0.25, 0.3) is 0 Å². The van der Waals surface area contributed by atoms with E-state index in [0.29, 0.717) is 12.1 Å². The summed E-state index contributed by atoms with van der Waals surface area (Å²) in [7, 11) is 0. The fourth-order valence-electron chi connectivity index (χ4n) is 1.93. The molecule has 0 aliphatic heterocycles. The molecule has 0 heterocycles. The van der Waals surface area contributed by atoms with E-state index in [1.54, 1.807) is 12.1 Å². The van der Waals surface area contributed by atoms with Gasteiger partial charge in [-0.2, -0.15) is 5.26 Å². The minimum atomic E-state index is -0.0389. The average molecular weight is 257 g/mol. The third-order valence-electron chi connectivity index (χ3n) is 3.33. The van der Waals surface area contributed by atoms with Gasteiger partial charge in [0.1, 0.15) is 0 Å². The first-order valence-corrected chi connectivity index (χ1v) is 6.69. The molecule has 19 heavy (non-hydrogen) atoms. The maximum atomic E-state index is 11.7. The molecule has 0 saturated heterocycles. The van der Waals surface area contributed by atoms with Crippen molar-refractivity contribution in [1.82, 2.24) is 10.6 Å². The Morgan fingerprint density at radius 2 is 2.11 bits per heavy atom. The van der Waals surface area contributed by atoms with Crippen LogP contribution in [0.1, 0.15) is 36.9 Å². The molecule has 0 radical (unpaired) electrons. The molecule has 0 spiro atoms. The number of hydrogen-bond donors (Lipinski definition) is 2. The predicted octanol–water partition coefficient (Wildman–Crippen LogP) is 1.74. The molecule has 2 N–H and O–H groups in total. The summed E-state index contributed by atoms with van der Waals surface area (Å²) in [5.74, 6) is 0.793. The van der Waals surface area contributed by atoms with E-state index in [-0.39, 0.29) is 11.9 Å². The summed E-state index contributed by atoms with van der Waals surface area (Å²) < 4.78 is 0. The molecule has 4 nitrogen and oxygen atoms in total. The van der Waals surface area contributed by atoms with E-state index in [9.17, 15) is 4.79 Å². The Kier molecular flexibility index (Phi) is 4.53. The second-order valence-electron chi connectivity index (χ2n) is 5.10. The van der Waals surface area contributed by atoms with Crippen LogP contribution in [0.2, 0.25) is 0 Å². The van der Waals surface area contributed by atoms with Gasteiger partial charge in [0.15, 0.2) is 0 Å². The minimum Gasteiger partial charge on any atom is -0.348 e. The Hall–Kier alpha value is -1.86. The SMILES string of the molecule is CC(NC(=O)CNCC1CC1)c1ccc(C#N)cc1. The lowest BCUT2D eigenvalue weighted by atomic mass is 10.1. The predicted molar refractivity (Wildman–Crippen MR) is 73.3 cm³/mol. The molecule has 0 bridgehead atoms. The summed E-state index contributed by atoms with van der Waals surface area (Å²) in [6, 6.07) is 9.33. The van der Waals surface area contributed by atoms with Gasteiger partial charge in [0.2, 0.25) is 5.91 Å². The zero-order chi connectivity index (χ0) is 13.7. The second-order valence-corrected chi connectivity index (χ2v) is 5.10. The summed E-state index contributed by atoms with van der Waals surface area (Å²) in [4.78, 5) is 11.7. The zero-order valence-corrected chi connectivity index (χ0v) is 11.1. The Morgan fingerprint density at radius 1 is 1.42 bits per heavy atom.